The van der Waals surface area contributed by atoms with Gasteiger partial charge in [0.05, 0.1) is 0 Å². The third kappa shape index (κ3) is 11.9. The minimum absolute atomic E-state index is 0.117. The van der Waals surface area contributed by atoms with Crippen LogP contribution in [-0.2, 0) is 15.6 Å². The predicted octanol–water partition coefficient (Wildman–Crippen LogP) is 12.8. The molecule has 2 heteroatoms. The third-order valence-corrected chi connectivity index (χ3v) is 9.79. The lowest BCUT2D eigenvalue weighted by Crippen LogP contribution is -2.33. The molecule has 1 aliphatic carbocycles. The molecule has 0 heterocycles. The van der Waals surface area contributed by atoms with Gasteiger partial charge in [0.2, 0.25) is 0 Å². The van der Waals surface area contributed by atoms with Crippen LogP contribution in [-0.4, -0.2) is 5.97 Å². The molecular weight excluding hydrogens is 524 g/mol. The van der Waals surface area contributed by atoms with Crippen molar-refractivity contribution in [2.24, 2.45) is 0 Å². The Morgan fingerprint density at radius 2 is 1.16 bits per heavy atom. The second-order valence-electron chi connectivity index (χ2n) is 14.6. The maximum Gasteiger partial charge on any atom is 0.311 e. The zero-order chi connectivity index (χ0) is 31.1. The van der Waals surface area contributed by atoms with Gasteiger partial charge in [-0.15, -0.1) is 0 Å². The molecular formula is C41H62O2. The molecule has 0 atom stereocenters. The zero-order valence-corrected chi connectivity index (χ0v) is 28.7. The van der Waals surface area contributed by atoms with E-state index in [1.54, 1.807) is 0 Å². The predicted molar refractivity (Wildman–Crippen MR) is 187 cm³/mol. The number of esters is 1. The lowest BCUT2D eigenvalue weighted by Gasteiger charge is -2.42. The normalized spacial score (nSPS) is 15.7. The standard InChI is InChI=1S/C41H62O2/c1-7-8-9-10-11-12-13-14-15-16-17-18-19-20-21-22-39(42)43-36-26-23-34(24-27-36)31-33(2)35-25-28-37-38(32-35)41(5,6)30-29-40(37,3)4/h23-28,31-32H,7-22,29-30H2,1-6H3/b33-31+. The van der Waals surface area contributed by atoms with Crippen LogP contribution in [0.15, 0.2) is 42.5 Å². The van der Waals surface area contributed by atoms with Gasteiger partial charge in [-0.3, -0.25) is 4.79 Å². The molecule has 0 radical (unpaired) electrons. The number of allylic oxidation sites excluding steroid dienone is 1. The number of carbonyl (C=O) groups excluding carboxylic acids is 1. The van der Waals surface area contributed by atoms with Gasteiger partial charge in [-0.25, -0.2) is 0 Å². The second kappa shape index (κ2) is 17.8. The van der Waals surface area contributed by atoms with Crippen LogP contribution >= 0.6 is 0 Å². The Bertz CT molecular complexity index is 1130. The highest BCUT2D eigenvalue weighted by atomic mass is 16.5. The Morgan fingerprint density at radius 3 is 1.70 bits per heavy atom. The van der Waals surface area contributed by atoms with Gasteiger partial charge in [0.25, 0.3) is 0 Å². The fraction of sp³-hybridized carbons (Fsp3) is 0.634. The van der Waals surface area contributed by atoms with Crippen LogP contribution in [0.4, 0.5) is 0 Å². The summed E-state index contributed by atoms with van der Waals surface area (Å²) < 4.78 is 5.62. The first-order chi connectivity index (χ1) is 20.6. The van der Waals surface area contributed by atoms with Gasteiger partial charge in [0, 0.05) is 6.42 Å². The van der Waals surface area contributed by atoms with E-state index in [1.807, 2.05) is 24.3 Å². The van der Waals surface area contributed by atoms with E-state index in [-0.39, 0.29) is 16.8 Å². The molecule has 0 N–H and O–H groups in total. The summed E-state index contributed by atoms with van der Waals surface area (Å²) in [6.45, 7) is 14.0. The molecule has 0 fully saturated rings. The highest BCUT2D eigenvalue weighted by molar-refractivity contribution is 5.81. The van der Waals surface area contributed by atoms with E-state index >= 15 is 0 Å². The highest BCUT2D eigenvalue weighted by Gasteiger charge is 2.36. The minimum atomic E-state index is -0.117. The van der Waals surface area contributed by atoms with Crippen molar-refractivity contribution in [2.45, 2.75) is 168 Å². The maximum absolute atomic E-state index is 12.4. The van der Waals surface area contributed by atoms with Crippen LogP contribution in [0, 0.1) is 0 Å². The largest absolute Gasteiger partial charge is 0.427 e. The topological polar surface area (TPSA) is 26.3 Å². The van der Waals surface area contributed by atoms with Crippen LogP contribution in [0.2, 0.25) is 0 Å². The van der Waals surface area contributed by atoms with Gasteiger partial charge >= 0.3 is 5.97 Å². The Balaban J connectivity index is 1.31. The number of hydrogen-bond donors (Lipinski definition) is 0. The van der Waals surface area contributed by atoms with Gasteiger partial charge in [-0.2, -0.15) is 0 Å². The molecule has 2 aromatic rings. The van der Waals surface area contributed by atoms with E-state index in [1.165, 1.54) is 119 Å². The average Bonchev–Trinajstić information content (AvgIpc) is 2.98. The van der Waals surface area contributed by atoms with Crippen molar-refractivity contribution < 1.29 is 9.53 Å². The molecule has 2 aromatic carbocycles. The van der Waals surface area contributed by atoms with Crippen molar-refractivity contribution in [2.75, 3.05) is 0 Å². The molecule has 0 aliphatic heterocycles. The molecule has 0 bridgehead atoms. The summed E-state index contributed by atoms with van der Waals surface area (Å²) in [4.78, 5) is 12.4. The van der Waals surface area contributed by atoms with E-state index in [9.17, 15) is 4.79 Å². The molecule has 0 aromatic heterocycles. The van der Waals surface area contributed by atoms with Crippen molar-refractivity contribution in [3.05, 3.63) is 64.7 Å². The Kier molecular flexibility index (Phi) is 14.6. The van der Waals surface area contributed by atoms with Crippen LogP contribution in [0.1, 0.15) is 179 Å². The quantitative estimate of drug-likeness (QED) is 0.0708. The van der Waals surface area contributed by atoms with E-state index < -0.39 is 0 Å². The molecule has 0 amide bonds. The lowest BCUT2D eigenvalue weighted by molar-refractivity contribution is -0.134. The number of rotatable bonds is 19. The van der Waals surface area contributed by atoms with Crippen LogP contribution in [0.5, 0.6) is 5.75 Å². The number of ether oxygens (including phenoxy) is 1. The lowest BCUT2D eigenvalue weighted by atomic mass is 9.63. The summed E-state index contributed by atoms with van der Waals surface area (Å²) in [5.74, 6) is 0.521. The summed E-state index contributed by atoms with van der Waals surface area (Å²) in [7, 11) is 0. The van der Waals surface area contributed by atoms with Crippen molar-refractivity contribution in [1.29, 1.82) is 0 Å². The SMILES string of the molecule is CCCCCCCCCCCCCCCCCC(=O)Oc1ccc(/C=C(\C)c2ccc3c(c2)C(C)(C)CCC3(C)C)cc1. The summed E-state index contributed by atoms with van der Waals surface area (Å²) in [6, 6.07) is 15.0. The summed E-state index contributed by atoms with van der Waals surface area (Å²) in [6.07, 6.45) is 25.1. The zero-order valence-electron chi connectivity index (χ0n) is 28.7. The van der Waals surface area contributed by atoms with Crippen molar-refractivity contribution in [3.8, 4) is 5.75 Å². The molecule has 0 spiro atoms. The smallest absolute Gasteiger partial charge is 0.311 e. The molecule has 3 rings (SSSR count). The summed E-state index contributed by atoms with van der Waals surface area (Å²) in [5.41, 5.74) is 7.08. The van der Waals surface area contributed by atoms with Crippen LogP contribution in [0.25, 0.3) is 11.6 Å². The average molecular weight is 587 g/mol. The van der Waals surface area contributed by atoms with Gasteiger partial charge in [-0.1, -0.05) is 161 Å². The van der Waals surface area contributed by atoms with Gasteiger partial charge < -0.3 is 4.74 Å². The van der Waals surface area contributed by atoms with Gasteiger partial charge in [0.15, 0.2) is 0 Å². The number of unbranched alkanes of at least 4 members (excludes halogenated alkanes) is 14. The number of hydrogen-bond acceptors (Lipinski definition) is 2. The number of fused-ring (bicyclic) bond motifs is 1. The maximum atomic E-state index is 12.4. The number of carbonyl (C=O) groups is 1. The Labute approximate surface area is 265 Å². The van der Waals surface area contributed by atoms with Gasteiger partial charge in [0.1, 0.15) is 5.75 Å². The fourth-order valence-electron chi connectivity index (χ4n) is 6.62. The molecule has 2 nitrogen and oxygen atoms in total. The molecule has 0 unspecified atom stereocenters. The highest BCUT2D eigenvalue weighted by Crippen LogP contribution is 2.46. The van der Waals surface area contributed by atoms with Gasteiger partial charge in [-0.05, 0) is 77.0 Å². The first-order valence-electron chi connectivity index (χ1n) is 17.8. The summed E-state index contributed by atoms with van der Waals surface area (Å²) in [5, 5.41) is 0. The molecule has 1 aliphatic rings. The van der Waals surface area contributed by atoms with Crippen LogP contribution < -0.4 is 4.74 Å². The van der Waals surface area contributed by atoms with E-state index in [4.69, 9.17) is 4.74 Å². The fourth-order valence-corrected chi connectivity index (χ4v) is 6.62. The van der Waals surface area contributed by atoms with E-state index in [0.717, 1.165) is 18.4 Å². The molecule has 0 saturated heterocycles. The second-order valence-corrected chi connectivity index (χ2v) is 14.6. The Hall–Kier alpha value is -2.35. The molecule has 0 saturated carbocycles. The van der Waals surface area contributed by atoms with E-state index in [0.29, 0.717) is 12.2 Å². The molecule has 43 heavy (non-hydrogen) atoms. The minimum Gasteiger partial charge on any atom is -0.427 e. The van der Waals surface area contributed by atoms with Crippen molar-refractivity contribution >= 4 is 17.6 Å². The van der Waals surface area contributed by atoms with Crippen molar-refractivity contribution in [1.82, 2.24) is 0 Å². The summed E-state index contributed by atoms with van der Waals surface area (Å²) >= 11 is 0. The molecule has 238 valence electrons. The van der Waals surface area contributed by atoms with Crippen LogP contribution in [0.3, 0.4) is 0 Å². The van der Waals surface area contributed by atoms with E-state index in [2.05, 4.69) is 65.8 Å². The number of benzene rings is 2. The monoisotopic (exact) mass is 586 g/mol. The Morgan fingerprint density at radius 1 is 0.674 bits per heavy atom. The first-order valence-corrected chi connectivity index (χ1v) is 17.8. The first kappa shape index (κ1) is 35.1. The third-order valence-electron chi connectivity index (χ3n) is 9.79. The van der Waals surface area contributed by atoms with Crippen molar-refractivity contribution in [3.63, 3.8) is 0 Å².